The van der Waals surface area contributed by atoms with Gasteiger partial charge in [0.25, 0.3) is 5.91 Å². The lowest BCUT2D eigenvalue weighted by Crippen LogP contribution is -2.38. The van der Waals surface area contributed by atoms with Gasteiger partial charge in [-0.15, -0.1) is 11.3 Å². The van der Waals surface area contributed by atoms with Gasteiger partial charge in [0.15, 0.2) is 0 Å². The molecule has 1 amide bonds. The van der Waals surface area contributed by atoms with Crippen molar-refractivity contribution in [3.63, 3.8) is 0 Å². The molecule has 1 saturated heterocycles. The molecule has 1 atom stereocenters. The first kappa shape index (κ1) is 32.5. The number of alkyl halides is 3. The van der Waals surface area contributed by atoms with Gasteiger partial charge in [0.05, 0.1) is 23.4 Å². The molecule has 1 aromatic carbocycles. The van der Waals surface area contributed by atoms with E-state index in [1.165, 1.54) is 0 Å². The highest BCUT2D eigenvalue weighted by molar-refractivity contribution is 7.89. The summed E-state index contributed by atoms with van der Waals surface area (Å²) in [5.74, 6) is -2.92. The minimum atomic E-state index is -5.08. The van der Waals surface area contributed by atoms with E-state index in [0.717, 1.165) is 45.3 Å². The number of halogens is 3. The number of carboxylic acids is 1. The Bertz CT molecular complexity index is 1480. The number of nitrogens with zero attached hydrogens (tertiary/aromatic N) is 1. The fraction of sp³-hybridized carbons (Fsp3) is 0.462. The van der Waals surface area contributed by atoms with Gasteiger partial charge in [0.2, 0.25) is 10.0 Å². The van der Waals surface area contributed by atoms with E-state index >= 15 is 0 Å². The summed E-state index contributed by atoms with van der Waals surface area (Å²) >= 11 is 1.62. The molecule has 1 aliphatic heterocycles. The molecule has 41 heavy (non-hydrogen) atoms. The molecule has 15 heteroatoms. The number of thiophene rings is 1. The number of aromatic nitrogens is 1. The minimum Gasteiger partial charge on any atom is -0.475 e. The van der Waals surface area contributed by atoms with Crippen LogP contribution in [-0.2, 0) is 21.4 Å². The van der Waals surface area contributed by atoms with Crippen molar-refractivity contribution in [2.75, 3.05) is 25.4 Å². The van der Waals surface area contributed by atoms with Crippen LogP contribution in [-0.4, -0.2) is 77.5 Å². The summed E-state index contributed by atoms with van der Waals surface area (Å²) in [5, 5.41) is 22.6. The zero-order valence-corrected chi connectivity index (χ0v) is 24.1. The molecule has 0 radical (unpaired) electrons. The smallest absolute Gasteiger partial charge is 0.475 e. The third-order valence-electron chi connectivity index (χ3n) is 6.87. The normalized spacial score (nSPS) is 15.9. The second-order valence-electron chi connectivity index (χ2n) is 9.70. The molecular weight excluding hydrogens is 585 g/mol. The van der Waals surface area contributed by atoms with Crippen molar-refractivity contribution in [1.29, 1.82) is 0 Å². The van der Waals surface area contributed by atoms with Crippen LogP contribution in [0.2, 0.25) is 0 Å². The number of amides is 1. The molecule has 0 bridgehead atoms. The summed E-state index contributed by atoms with van der Waals surface area (Å²) in [6.07, 6.45) is -1.67. The van der Waals surface area contributed by atoms with Crippen LogP contribution in [0.5, 0.6) is 0 Å². The number of carbonyl (C=O) groups is 2. The van der Waals surface area contributed by atoms with Crippen molar-refractivity contribution in [1.82, 2.24) is 14.6 Å². The zero-order valence-electron chi connectivity index (χ0n) is 22.5. The number of aliphatic hydroxyl groups is 1. The van der Waals surface area contributed by atoms with E-state index in [-0.39, 0.29) is 24.3 Å². The van der Waals surface area contributed by atoms with E-state index in [1.54, 1.807) is 22.6 Å². The Morgan fingerprint density at radius 1 is 1.22 bits per heavy atom. The summed E-state index contributed by atoms with van der Waals surface area (Å²) in [6, 6.07) is 6.04. The average molecular weight is 619 g/mol. The molecule has 0 saturated carbocycles. The number of fused-ring (bicyclic) bond motifs is 1. The number of aromatic amines is 1. The maximum absolute atomic E-state index is 12.3. The van der Waals surface area contributed by atoms with Crippen molar-refractivity contribution in [2.45, 2.75) is 51.4 Å². The zero-order chi connectivity index (χ0) is 30.5. The van der Waals surface area contributed by atoms with Gasteiger partial charge >= 0.3 is 12.1 Å². The Balaban J connectivity index is 0.000000587. The number of hydrogen-bond donors (Lipinski definition) is 5. The summed E-state index contributed by atoms with van der Waals surface area (Å²) in [5.41, 5.74) is 9.94. The highest BCUT2D eigenvalue weighted by atomic mass is 32.2. The molecule has 0 spiro atoms. The van der Waals surface area contributed by atoms with Crippen LogP contribution >= 0.6 is 11.3 Å². The predicted octanol–water partition coefficient (Wildman–Crippen LogP) is 3.63. The highest BCUT2D eigenvalue weighted by Gasteiger charge is 2.38. The van der Waals surface area contributed by atoms with Gasteiger partial charge in [-0.2, -0.15) is 13.2 Å². The number of piperidine rings is 1. The lowest BCUT2D eigenvalue weighted by Gasteiger charge is -2.31. The van der Waals surface area contributed by atoms with Gasteiger partial charge < -0.3 is 26.2 Å². The summed E-state index contributed by atoms with van der Waals surface area (Å²) in [7, 11) is -3.18. The summed E-state index contributed by atoms with van der Waals surface area (Å²) < 4.78 is 57.8. The molecule has 226 valence electrons. The maximum atomic E-state index is 12.3. The summed E-state index contributed by atoms with van der Waals surface area (Å²) in [4.78, 5) is 25.6. The molecule has 0 unspecified atom stereocenters. The number of aliphatic hydroxyl groups excluding tert-OH is 1. The standard InChI is InChI=1S/C24H32N4O4S2.C2HF3O2/c1-3-34(31,32)28-6-4-16(5-7-28)22-12-27-23-20(22)9-17(10-21(23)24(25)30)18-8-19(33-14-18)11-26-15(2)13-29;3-2(4,5)1(6)7/h8-10,12,14-16,26-27,29H,3-7,11,13H2,1-2H3,(H2,25,30);(H,6,7)/t15-;/m1./s1. The van der Waals surface area contributed by atoms with E-state index in [9.17, 15) is 31.5 Å². The van der Waals surface area contributed by atoms with Gasteiger partial charge in [0.1, 0.15) is 0 Å². The van der Waals surface area contributed by atoms with Gasteiger partial charge in [-0.1, -0.05) is 0 Å². The molecule has 2 aromatic heterocycles. The second kappa shape index (κ2) is 13.3. The van der Waals surface area contributed by atoms with Crippen LogP contribution in [0, 0.1) is 0 Å². The lowest BCUT2D eigenvalue weighted by atomic mass is 9.88. The van der Waals surface area contributed by atoms with Crippen molar-refractivity contribution in [2.24, 2.45) is 5.73 Å². The number of nitrogens with one attached hydrogen (secondary N) is 2. The van der Waals surface area contributed by atoms with E-state index < -0.39 is 28.1 Å². The Morgan fingerprint density at radius 3 is 2.39 bits per heavy atom. The number of aliphatic carboxylic acids is 1. The van der Waals surface area contributed by atoms with Crippen LogP contribution < -0.4 is 11.1 Å². The predicted molar refractivity (Wildman–Crippen MR) is 150 cm³/mol. The van der Waals surface area contributed by atoms with Gasteiger partial charge in [0, 0.05) is 42.1 Å². The number of carboxylic acid groups (broad SMARTS) is 1. The van der Waals surface area contributed by atoms with Crippen LogP contribution in [0.25, 0.3) is 22.0 Å². The molecule has 6 N–H and O–H groups in total. The van der Waals surface area contributed by atoms with E-state index in [2.05, 4.69) is 27.8 Å². The number of benzene rings is 1. The molecular formula is C26H33F3N4O6S2. The number of rotatable bonds is 9. The Kier molecular flexibility index (Phi) is 10.6. The minimum absolute atomic E-state index is 0.0181. The lowest BCUT2D eigenvalue weighted by molar-refractivity contribution is -0.192. The molecule has 10 nitrogen and oxygen atoms in total. The van der Waals surface area contributed by atoms with Crippen LogP contribution in [0.3, 0.4) is 0 Å². The van der Waals surface area contributed by atoms with Crippen molar-refractivity contribution < 1.29 is 41.4 Å². The average Bonchev–Trinajstić information content (AvgIpc) is 3.58. The van der Waals surface area contributed by atoms with E-state index in [1.807, 2.05) is 19.2 Å². The third-order valence-corrected chi connectivity index (χ3v) is 9.69. The van der Waals surface area contributed by atoms with Crippen molar-refractivity contribution in [3.8, 4) is 11.1 Å². The van der Waals surface area contributed by atoms with Crippen LogP contribution in [0.4, 0.5) is 13.2 Å². The topological polar surface area (TPSA) is 166 Å². The maximum Gasteiger partial charge on any atom is 0.490 e. The monoisotopic (exact) mass is 618 g/mol. The van der Waals surface area contributed by atoms with Gasteiger partial charge in [-0.3, -0.25) is 4.79 Å². The Hall–Kier alpha value is -2.98. The van der Waals surface area contributed by atoms with E-state index in [4.69, 9.17) is 15.6 Å². The van der Waals surface area contributed by atoms with Gasteiger partial charge in [-0.25, -0.2) is 17.5 Å². The number of H-pyrrole nitrogens is 1. The number of carbonyl (C=O) groups excluding carboxylic acids is 1. The summed E-state index contributed by atoms with van der Waals surface area (Å²) in [6.45, 7) is 5.35. The van der Waals surface area contributed by atoms with E-state index in [0.29, 0.717) is 25.2 Å². The number of nitrogens with two attached hydrogens (primary N) is 1. The molecule has 1 aliphatic rings. The first-order valence-corrected chi connectivity index (χ1v) is 15.3. The van der Waals surface area contributed by atoms with Crippen LogP contribution in [0.1, 0.15) is 53.4 Å². The molecule has 4 rings (SSSR count). The molecule has 0 aliphatic carbocycles. The van der Waals surface area contributed by atoms with Crippen LogP contribution in [0.15, 0.2) is 29.8 Å². The second-order valence-corrected chi connectivity index (χ2v) is 13.0. The first-order valence-electron chi connectivity index (χ1n) is 12.8. The molecule has 3 aromatic rings. The first-order chi connectivity index (χ1) is 19.2. The van der Waals surface area contributed by atoms with Crippen molar-refractivity contribution in [3.05, 3.63) is 45.8 Å². The number of sulfonamides is 1. The number of primary amides is 1. The fourth-order valence-corrected chi connectivity index (χ4v) is 6.52. The Morgan fingerprint density at radius 2 is 1.85 bits per heavy atom. The molecule has 1 fully saturated rings. The highest BCUT2D eigenvalue weighted by Crippen LogP contribution is 2.38. The third kappa shape index (κ3) is 8.07. The Labute approximate surface area is 239 Å². The van der Waals surface area contributed by atoms with Gasteiger partial charge in [-0.05, 0) is 72.9 Å². The SMILES string of the molecule is CCS(=O)(=O)N1CCC(c2c[nH]c3c(C(N)=O)cc(-c4csc(CN[C@H](C)CO)c4)cc23)CC1.O=C(O)C(F)(F)F. The largest absolute Gasteiger partial charge is 0.490 e. The number of hydrogen-bond acceptors (Lipinski definition) is 7. The fourth-order valence-electron chi connectivity index (χ4n) is 4.54. The molecule has 3 heterocycles. The van der Waals surface area contributed by atoms with Crippen molar-refractivity contribution >= 4 is 44.1 Å². The quantitative estimate of drug-likeness (QED) is 0.244.